The molecule has 2 aromatic heterocycles. The molecular formula is C15H15F3N4OS. The summed E-state index contributed by atoms with van der Waals surface area (Å²) in [6.45, 7) is -0.571. The van der Waals surface area contributed by atoms with Gasteiger partial charge in [-0.05, 0) is 18.6 Å². The van der Waals surface area contributed by atoms with E-state index in [1.165, 1.54) is 11.8 Å². The summed E-state index contributed by atoms with van der Waals surface area (Å²) in [6.07, 6.45) is 1.08. The zero-order valence-corrected chi connectivity index (χ0v) is 13.4. The zero-order chi connectivity index (χ0) is 17.2. The highest BCUT2D eigenvalue weighted by Crippen LogP contribution is 2.31. The fourth-order valence-corrected chi connectivity index (χ4v) is 3.63. The van der Waals surface area contributed by atoms with E-state index in [1.807, 2.05) is 22.8 Å². The molecule has 1 fully saturated rings. The molecule has 0 spiro atoms. The summed E-state index contributed by atoms with van der Waals surface area (Å²) in [5, 5.41) is 0.0742. The van der Waals surface area contributed by atoms with Crippen molar-refractivity contribution >= 4 is 17.7 Å². The van der Waals surface area contributed by atoms with Gasteiger partial charge in [0.25, 0.3) is 0 Å². The lowest BCUT2D eigenvalue weighted by Crippen LogP contribution is -2.36. The third-order valence-electron chi connectivity index (χ3n) is 3.60. The van der Waals surface area contributed by atoms with Crippen molar-refractivity contribution in [3.05, 3.63) is 42.5 Å². The van der Waals surface area contributed by atoms with Crippen LogP contribution in [0.4, 0.5) is 13.2 Å². The standard InChI is InChI=1S/C15H15F3N4OS/c16-15(17,18)10-22-7-4-12(13(22)23)24-14-20-6-8-21(14)9-11-3-1-2-5-19-11/h1-3,5-6,8,12H,4,7,9-10H2/t12-/m1/s1. The second-order valence-corrected chi connectivity index (χ2v) is 6.60. The Labute approximate surface area is 140 Å². The molecule has 24 heavy (non-hydrogen) atoms. The van der Waals surface area contributed by atoms with E-state index in [0.717, 1.165) is 10.6 Å². The van der Waals surface area contributed by atoms with Gasteiger partial charge in [-0.1, -0.05) is 17.8 Å². The number of alkyl halides is 3. The quantitative estimate of drug-likeness (QED) is 0.826. The molecule has 1 saturated heterocycles. The van der Waals surface area contributed by atoms with Crippen LogP contribution in [0.25, 0.3) is 0 Å². The zero-order valence-electron chi connectivity index (χ0n) is 12.6. The molecule has 0 N–H and O–H groups in total. The van der Waals surface area contributed by atoms with Crippen molar-refractivity contribution in [3.8, 4) is 0 Å². The minimum Gasteiger partial charge on any atom is -0.333 e. The highest BCUT2D eigenvalue weighted by atomic mass is 32.2. The average Bonchev–Trinajstić information content (AvgIpc) is 3.09. The highest BCUT2D eigenvalue weighted by molar-refractivity contribution is 8.00. The van der Waals surface area contributed by atoms with Gasteiger partial charge < -0.3 is 9.47 Å². The molecule has 2 aromatic rings. The van der Waals surface area contributed by atoms with Gasteiger partial charge in [-0.25, -0.2) is 4.98 Å². The van der Waals surface area contributed by atoms with Crippen LogP contribution in [0.5, 0.6) is 0 Å². The van der Waals surface area contributed by atoms with E-state index in [-0.39, 0.29) is 6.54 Å². The number of hydrogen-bond donors (Lipinski definition) is 0. The Bertz CT molecular complexity index is 704. The van der Waals surface area contributed by atoms with Crippen molar-refractivity contribution in [1.29, 1.82) is 0 Å². The molecule has 1 aliphatic rings. The number of thioether (sulfide) groups is 1. The van der Waals surface area contributed by atoms with Crippen molar-refractivity contribution < 1.29 is 18.0 Å². The molecule has 0 saturated carbocycles. The van der Waals surface area contributed by atoms with Crippen LogP contribution < -0.4 is 0 Å². The Hall–Kier alpha value is -2.03. The third-order valence-corrected chi connectivity index (χ3v) is 4.87. The monoisotopic (exact) mass is 356 g/mol. The van der Waals surface area contributed by atoms with Crippen LogP contribution >= 0.6 is 11.8 Å². The predicted molar refractivity (Wildman–Crippen MR) is 82.5 cm³/mol. The molecule has 1 amide bonds. The lowest BCUT2D eigenvalue weighted by atomic mass is 10.3. The number of rotatable bonds is 5. The van der Waals surface area contributed by atoms with Crippen LogP contribution in [0.15, 0.2) is 41.9 Å². The van der Waals surface area contributed by atoms with Gasteiger partial charge in [-0.15, -0.1) is 0 Å². The molecule has 0 unspecified atom stereocenters. The SMILES string of the molecule is O=C1[C@H](Sc2nccn2Cc2ccccn2)CCN1CC(F)(F)F. The van der Waals surface area contributed by atoms with E-state index in [4.69, 9.17) is 0 Å². The van der Waals surface area contributed by atoms with Crippen LogP contribution in [-0.4, -0.2) is 49.9 Å². The minimum absolute atomic E-state index is 0.122. The molecule has 3 heterocycles. The lowest BCUT2D eigenvalue weighted by Gasteiger charge is -2.18. The molecule has 1 aliphatic heterocycles. The smallest absolute Gasteiger partial charge is 0.333 e. The number of hydrogen-bond acceptors (Lipinski definition) is 4. The number of likely N-dealkylation sites (tertiary alicyclic amines) is 1. The fourth-order valence-electron chi connectivity index (χ4n) is 2.52. The summed E-state index contributed by atoms with van der Waals surface area (Å²) in [6, 6.07) is 5.57. The summed E-state index contributed by atoms with van der Waals surface area (Å²) in [5.41, 5.74) is 0.841. The second-order valence-electron chi connectivity index (χ2n) is 5.43. The van der Waals surface area contributed by atoms with E-state index in [2.05, 4.69) is 9.97 Å². The van der Waals surface area contributed by atoms with Gasteiger partial charge >= 0.3 is 6.18 Å². The van der Waals surface area contributed by atoms with Crippen molar-refractivity contribution in [2.75, 3.05) is 13.1 Å². The number of pyridine rings is 1. The number of aromatic nitrogens is 3. The van der Waals surface area contributed by atoms with Gasteiger partial charge in [-0.3, -0.25) is 9.78 Å². The topological polar surface area (TPSA) is 51.0 Å². The normalized spacial score (nSPS) is 18.4. The largest absolute Gasteiger partial charge is 0.406 e. The number of imidazole rings is 1. The molecule has 128 valence electrons. The summed E-state index contributed by atoms with van der Waals surface area (Å²) in [7, 11) is 0. The van der Waals surface area contributed by atoms with E-state index < -0.39 is 23.9 Å². The molecule has 9 heteroatoms. The van der Waals surface area contributed by atoms with Crippen LogP contribution in [-0.2, 0) is 11.3 Å². The van der Waals surface area contributed by atoms with Gasteiger partial charge in [0.1, 0.15) is 6.54 Å². The Morgan fingerprint density at radius 3 is 2.79 bits per heavy atom. The van der Waals surface area contributed by atoms with Gasteiger partial charge in [-0.2, -0.15) is 13.2 Å². The molecular weight excluding hydrogens is 341 g/mol. The number of nitrogens with zero attached hydrogens (tertiary/aromatic N) is 4. The Kier molecular flexibility index (Phi) is 4.79. The molecule has 0 aliphatic carbocycles. The Morgan fingerprint density at radius 1 is 1.25 bits per heavy atom. The number of halogens is 3. The third kappa shape index (κ3) is 4.08. The summed E-state index contributed by atoms with van der Waals surface area (Å²) in [5.74, 6) is -0.482. The van der Waals surface area contributed by atoms with Crippen molar-refractivity contribution in [3.63, 3.8) is 0 Å². The first kappa shape index (κ1) is 16.8. The summed E-state index contributed by atoms with van der Waals surface area (Å²) < 4.78 is 39.2. The summed E-state index contributed by atoms with van der Waals surface area (Å²) in [4.78, 5) is 21.5. The fraction of sp³-hybridized carbons (Fsp3) is 0.400. The Morgan fingerprint density at radius 2 is 2.08 bits per heavy atom. The van der Waals surface area contributed by atoms with Crippen LogP contribution in [0.1, 0.15) is 12.1 Å². The van der Waals surface area contributed by atoms with Crippen molar-refractivity contribution in [1.82, 2.24) is 19.4 Å². The minimum atomic E-state index is -4.37. The van der Waals surface area contributed by atoms with E-state index >= 15 is 0 Å². The Balaban J connectivity index is 1.65. The molecule has 1 atom stereocenters. The average molecular weight is 356 g/mol. The van der Waals surface area contributed by atoms with Gasteiger partial charge in [0, 0.05) is 25.1 Å². The van der Waals surface area contributed by atoms with Gasteiger partial charge in [0.15, 0.2) is 5.16 Å². The number of carbonyl (C=O) groups is 1. The van der Waals surface area contributed by atoms with Gasteiger partial charge in [0.05, 0.1) is 17.5 Å². The van der Waals surface area contributed by atoms with Crippen molar-refractivity contribution in [2.24, 2.45) is 0 Å². The molecule has 0 radical (unpaired) electrons. The maximum Gasteiger partial charge on any atom is 0.406 e. The first-order valence-corrected chi connectivity index (χ1v) is 8.23. The van der Waals surface area contributed by atoms with Gasteiger partial charge in [0.2, 0.25) is 5.91 Å². The molecule has 3 rings (SSSR count). The van der Waals surface area contributed by atoms with Crippen LogP contribution in [0.2, 0.25) is 0 Å². The predicted octanol–water partition coefficient (Wildman–Crippen LogP) is 2.58. The van der Waals surface area contributed by atoms with Crippen LogP contribution in [0.3, 0.4) is 0 Å². The van der Waals surface area contributed by atoms with Crippen LogP contribution in [0, 0.1) is 0 Å². The maximum absolute atomic E-state index is 12.5. The van der Waals surface area contributed by atoms with E-state index in [1.54, 1.807) is 18.6 Å². The maximum atomic E-state index is 12.5. The molecule has 5 nitrogen and oxygen atoms in total. The number of carbonyl (C=O) groups excluding carboxylic acids is 1. The second kappa shape index (κ2) is 6.84. The first-order chi connectivity index (χ1) is 11.4. The first-order valence-electron chi connectivity index (χ1n) is 7.35. The highest BCUT2D eigenvalue weighted by Gasteiger charge is 2.40. The van der Waals surface area contributed by atoms with E-state index in [0.29, 0.717) is 18.1 Å². The molecule has 0 aromatic carbocycles. The van der Waals surface area contributed by atoms with E-state index in [9.17, 15) is 18.0 Å². The van der Waals surface area contributed by atoms with Crippen molar-refractivity contribution in [2.45, 2.75) is 29.5 Å². The lowest BCUT2D eigenvalue weighted by molar-refractivity contribution is -0.157. The molecule has 0 bridgehead atoms. The number of amides is 1. The summed E-state index contributed by atoms with van der Waals surface area (Å²) >= 11 is 1.21.